The lowest BCUT2D eigenvalue weighted by Crippen LogP contribution is -2.55. The van der Waals surface area contributed by atoms with Crippen LogP contribution in [0.1, 0.15) is 27.2 Å². The van der Waals surface area contributed by atoms with Crippen LogP contribution in [0, 0.1) is 5.92 Å². The van der Waals surface area contributed by atoms with E-state index in [0.717, 1.165) is 19.5 Å². The summed E-state index contributed by atoms with van der Waals surface area (Å²) in [6, 6.07) is 9.52. The highest BCUT2D eigenvalue weighted by molar-refractivity contribution is 5.86. The summed E-state index contributed by atoms with van der Waals surface area (Å²) in [5, 5.41) is 5.67. The molecule has 0 aliphatic carbocycles. The largest absolute Gasteiger partial charge is 0.368 e. The molecule has 1 aliphatic heterocycles. The van der Waals surface area contributed by atoms with Crippen molar-refractivity contribution in [2.45, 2.75) is 33.2 Å². The summed E-state index contributed by atoms with van der Waals surface area (Å²) in [6.07, 6.45) is 0.938. The third-order valence-electron chi connectivity index (χ3n) is 4.44. The van der Waals surface area contributed by atoms with Gasteiger partial charge >= 0.3 is 6.03 Å². The van der Waals surface area contributed by atoms with Gasteiger partial charge in [0.2, 0.25) is 5.91 Å². The zero-order chi connectivity index (χ0) is 18.2. The van der Waals surface area contributed by atoms with Crippen molar-refractivity contribution in [1.82, 2.24) is 15.5 Å². The van der Waals surface area contributed by atoms with Gasteiger partial charge in [-0.3, -0.25) is 4.79 Å². The molecule has 1 fully saturated rings. The molecule has 6 heteroatoms. The number of urea groups is 1. The maximum absolute atomic E-state index is 12.4. The minimum Gasteiger partial charge on any atom is -0.368 e. The van der Waals surface area contributed by atoms with Crippen LogP contribution in [0.3, 0.4) is 0 Å². The maximum Gasteiger partial charge on any atom is 0.318 e. The molecule has 25 heavy (non-hydrogen) atoms. The molecule has 1 aromatic carbocycles. The number of para-hydroxylation sites is 1. The number of amides is 3. The number of hydrogen-bond acceptors (Lipinski definition) is 3. The van der Waals surface area contributed by atoms with Gasteiger partial charge in [-0.15, -0.1) is 0 Å². The molecule has 3 amide bonds. The Morgan fingerprint density at radius 2 is 1.68 bits per heavy atom. The highest BCUT2D eigenvalue weighted by atomic mass is 16.2. The van der Waals surface area contributed by atoms with Crippen LogP contribution in [0.2, 0.25) is 0 Å². The zero-order valence-electron chi connectivity index (χ0n) is 15.5. The molecule has 1 heterocycles. The topological polar surface area (TPSA) is 64.7 Å². The van der Waals surface area contributed by atoms with E-state index in [-0.39, 0.29) is 11.9 Å². The van der Waals surface area contributed by atoms with E-state index >= 15 is 0 Å². The summed E-state index contributed by atoms with van der Waals surface area (Å²) in [5.41, 5.74) is 1.18. The van der Waals surface area contributed by atoms with Crippen molar-refractivity contribution in [2.24, 2.45) is 5.92 Å². The SMILES string of the molecule is CC(C)CCNC(=O)[C@H](C)NC(=O)N1CCN(c2ccccc2)CC1. The fourth-order valence-corrected chi connectivity index (χ4v) is 2.79. The minimum absolute atomic E-state index is 0.128. The Labute approximate surface area is 150 Å². The second-order valence-corrected chi connectivity index (χ2v) is 6.95. The van der Waals surface area contributed by atoms with Crippen LogP contribution in [-0.4, -0.2) is 55.6 Å². The Bertz CT molecular complexity index is 554. The van der Waals surface area contributed by atoms with Crippen LogP contribution in [0.5, 0.6) is 0 Å². The van der Waals surface area contributed by atoms with Gasteiger partial charge in [0, 0.05) is 38.4 Å². The van der Waals surface area contributed by atoms with Gasteiger partial charge in [0.05, 0.1) is 0 Å². The van der Waals surface area contributed by atoms with Gasteiger partial charge in [-0.25, -0.2) is 4.79 Å². The van der Waals surface area contributed by atoms with Crippen LogP contribution >= 0.6 is 0 Å². The summed E-state index contributed by atoms with van der Waals surface area (Å²) in [4.78, 5) is 28.4. The Hall–Kier alpha value is -2.24. The van der Waals surface area contributed by atoms with Gasteiger partial charge in [-0.2, -0.15) is 0 Å². The van der Waals surface area contributed by atoms with Gasteiger partial charge in [0.1, 0.15) is 6.04 Å². The van der Waals surface area contributed by atoms with E-state index in [0.29, 0.717) is 25.6 Å². The first-order valence-electron chi connectivity index (χ1n) is 9.10. The monoisotopic (exact) mass is 346 g/mol. The number of nitrogens with zero attached hydrogens (tertiary/aromatic N) is 2. The van der Waals surface area contributed by atoms with Crippen molar-refractivity contribution in [2.75, 3.05) is 37.6 Å². The highest BCUT2D eigenvalue weighted by Crippen LogP contribution is 2.15. The Kier molecular flexibility index (Phi) is 7.10. The molecular weight excluding hydrogens is 316 g/mol. The summed E-state index contributed by atoms with van der Waals surface area (Å²) in [7, 11) is 0. The molecule has 138 valence electrons. The lowest BCUT2D eigenvalue weighted by molar-refractivity contribution is -0.122. The average Bonchev–Trinajstić information content (AvgIpc) is 2.62. The molecule has 1 aliphatic rings. The Balaban J connectivity index is 1.73. The lowest BCUT2D eigenvalue weighted by atomic mass is 10.1. The number of piperazine rings is 1. The van der Waals surface area contributed by atoms with Gasteiger partial charge < -0.3 is 20.4 Å². The first kappa shape index (κ1) is 19.1. The molecule has 0 radical (unpaired) electrons. The smallest absolute Gasteiger partial charge is 0.318 e. The van der Waals surface area contributed by atoms with Crippen LogP contribution in [0.15, 0.2) is 30.3 Å². The summed E-state index contributed by atoms with van der Waals surface area (Å²) in [5.74, 6) is 0.419. The molecule has 0 bridgehead atoms. The molecule has 0 spiro atoms. The van der Waals surface area contributed by atoms with Crippen LogP contribution < -0.4 is 15.5 Å². The molecule has 0 aromatic heterocycles. The fraction of sp³-hybridized carbons (Fsp3) is 0.579. The van der Waals surface area contributed by atoms with Crippen molar-refractivity contribution in [3.8, 4) is 0 Å². The van der Waals surface area contributed by atoms with Crippen LogP contribution in [0.4, 0.5) is 10.5 Å². The first-order chi connectivity index (χ1) is 12.0. The van der Waals surface area contributed by atoms with Crippen molar-refractivity contribution in [3.05, 3.63) is 30.3 Å². The van der Waals surface area contributed by atoms with Crippen molar-refractivity contribution in [1.29, 1.82) is 0 Å². The number of nitrogens with one attached hydrogen (secondary N) is 2. The van der Waals surface area contributed by atoms with E-state index in [2.05, 4.69) is 41.5 Å². The number of carbonyl (C=O) groups is 2. The van der Waals surface area contributed by atoms with E-state index in [1.165, 1.54) is 5.69 Å². The molecule has 2 N–H and O–H groups in total. The second-order valence-electron chi connectivity index (χ2n) is 6.95. The third-order valence-corrected chi connectivity index (χ3v) is 4.44. The Morgan fingerprint density at radius 1 is 1.04 bits per heavy atom. The zero-order valence-corrected chi connectivity index (χ0v) is 15.5. The second kappa shape index (κ2) is 9.30. The summed E-state index contributed by atoms with van der Waals surface area (Å²) >= 11 is 0. The van der Waals surface area contributed by atoms with Crippen molar-refractivity contribution >= 4 is 17.6 Å². The molecule has 0 unspecified atom stereocenters. The molecule has 2 rings (SSSR count). The third kappa shape index (κ3) is 5.96. The maximum atomic E-state index is 12.4. The number of benzene rings is 1. The van der Waals surface area contributed by atoms with Gasteiger partial charge in [-0.05, 0) is 31.4 Å². The predicted octanol–water partition coefficient (Wildman–Crippen LogP) is 2.07. The number of carbonyl (C=O) groups excluding carboxylic acids is 2. The molecule has 6 nitrogen and oxygen atoms in total. The molecular formula is C19H30N4O2. The molecule has 0 saturated carbocycles. The van der Waals surface area contributed by atoms with E-state index in [9.17, 15) is 9.59 Å². The molecule has 1 saturated heterocycles. The van der Waals surface area contributed by atoms with E-state index in [4.69, 9.17) is 0 Å². The van der Waals surface area contributed by atoms with E-state index in [1.54, 1.807) is 11.8 Å². The fourth-order valence-electron chi connectivity index (χ4n) is 2.79. The lowest BCUT2D eigenvalue weighted by Gasteiger charge is -2.36. The summed E-state index contributed by atoms with van der Waals surface area (Å²) in [6.45, 7) is 9.51. The average molecular weight is 346 g/mol. The molecule has 1 aromatic rings. The van der Waals surface area contributed by atoms with Crippen molar-refractivity contribution < 1.29 is 9.59 Å². The van der Waals surface area contributed by atoms with Crippen molar-refractivity contribution in [3.63, 3.8) is 0 Å². The predicted molar refractivity (Wildman–Crippen MR) is 101 cm³/mol. The standard InChI is InChI=1S/C19H30N4O2/c1-15(2)9-10-20-18(24)16(3)21-19(25)23-13-11-22(12-14-23)17-7-5-4-6-8-17/h4-8,15-16H,9-14H2,1-3H3,(H,20,24)(H,21,25)/t16-/m0/s1. The van der Waals surface area contributed by atoms with Crippen LogP contribution in [-0.2, 0) is 4.79 Å². The minimum atomic E-state index is -0.521. The van der Waals surface area contributed by atoms with Gasteiger partial charge in [-0.1, -0.05) is 32.0 Å². The Morgan fingerprint density at radius 3 is 2.28 bits per heavy atom. The summed E-state index contributed by atoms with van der Waals surface area (Å²) < 4.78 is 0. The van der Waals surface area contributed by atoms with E-state index in [1.807, 2.05) is 18.2 Å². The first-order valence-corrected chi connectivity index (χ1v) is 9.10. The van der Waals surface area contributed by atoms with E-state index < -0.39 is 6.04 Å². The normalized spacial score (nSPS) is 15.8. The van der Waals surface area contributed by atoms with Gasteiger partial charge in [0.25, 0.3) is 0 Å². The number of rotatable bonds is 6. The quantitative estimate of drug-likeness (QED) is 0.829. The van der Waals surface area contributed by atoms with Gasteiger partial charge in [0.15, 0.2) is 0 Å². The molecule has 1 atom stereocenters. The van der Waals surface area contributed by atoms with Crippen LogP contribution in [0.25, 0.3) is 0 Å². The highest BCUT2D eigenvalue weighted by Gasteiger charge is 2.23. The number of anilines is 1. The number of hydrogen-bond donors (Lipinski definition) is 2.